The molecule has 0 saturated carbocycles. The first-order valence-corrected chi connectivity index (χ1v) is 11.0. The Morgan fingerprint density at radius 1 is 1.09 bits per heavy atom. The first-order valence-electron chi connectivity index (χ1n) is 11.0. The average molecular weight is 428 g/mol. The van der Waals surface area contributed by atoms with Crippen molar-refractivity contribution in [3.8, 4) is 11.3 Å². The van der Waals surface area contributed by atoms with Crippen LogP contribution in [0.2, 0.25) is 0 Å². The van der Waals surface area contributed by atoms with Crippen LogP contribution >= 0.6 is 0 Å². The van der Waals surface area contributed by atoms with Crippen LogP contribution in [0, 0.1) is 5.82 Å². The second kappa shape index (κ2) is 8.46. The van der Waals surface area contributed by atoms with Gasteiger partial charge < -0.3 is 9.80 Å². The van der Waals surface area contributed by atoms with E-state index in [-0.39, 0.29) is 5.82 Å². The molecule has 1 aliphatic rings. The molecular formula is C26H26FN5. The Morgan fingerprint density at radius 3 is 2.66 bits per heavy atom. The van der Waals surface area contributed by atoms with E-state index < -0.39 is 0 Å². The van der Waals surface area contributed by atoms with Crippen LogP contribution in [0.1, 0.15) is 25.3 Å². The van der Waals surface area contributed by atoms with E-state index in [9.17, 15) is 4.39 Å². The van der Waals surface area contributed by atoms with Crippen LogP contribution in [0.4, 0.5) is 15.9 Å². The second-order valence-electron chi connectivity index (χ2n) is 8.12. The first kappa shape index (κ1) is 20.2. The largest absolute Gasteiger partial charge is 0.351 e. The van der Waals surface area contributed by atoms with E-state index in [4.69, 9.17) is 5.10 Å². The van der Waals surface area contributed by atoms with Crippen LogP contribution in [-0.2, 0) is 6.54 Å². The summed E-state index contributed by atoms with van der Waals surface area (Å²) in [4.78, 5) is 8.94. The summed E-state index contributed by atoms with van der Waals surface area (Å²) in [5.41, 5.74) is 6.06. The van der Waals surface area contributed by atoms with E-state index in [0.717, 1.165) is 54.2 Å². The smallest absolute Gasteiger partial charge is 0.154 e. The molecule has 0 N–H and O–H groups in total. The fraction of sp³-hybridized carbons (Fsp3) is 0.231. The molecule has 1 fully saturated rings. The van der Waals surface area contributed by atoms with Gasteiger partial charge in [-0.05, 0) is 61.7 Å². The average Bonchev–Trinajstić information content (AvgIpc) is 3.43. The van der Waals surface area contributed by atoms with Crippen molar-refractivity contribution < 1.29 is 4.39 Å². The van der Waals surface area contributed by atoms with Crippen LogP contribution in [0.15, 0.2) is 79.1 Å². The topological polar surface area (TPSA) is 36.7 Å². The molecule has 2 aromatic carbocycles. The zero-order valence-electron chi connectivity index (χ0n) is 18.2. The third kappa shape index (κ3) is 3.84. The van der Waals surface area contributed by atoms with Gasteiger partial charge in [-0.2, -0.15) is 0 Å². The number of allylic oxidation sites excluding steroid dienone is 1. The second-order valence-corrected chi connectivity index (χ2v) is 8.12. The number of benzene rings is 2. The first-order chi connectivity index (χ1) is 15.6. The molecule has 0 unspecified atom stereocenters. The summed E-state index contributed by atoms with van der Waals surface area (Å²) in [7, 11) is 0. The number of nitrogens with zero attached hydrogens (tertiary/aromatic N) is 5. The minimum Gasteiger partial charge on any atom is -0.351 e. The third-order valence-corrected chi connectivity index (χ3v) is 6.02. The molecule has 0 spiro atoms. The quantitative estimate of drug-likeness (QED) is 0.397. The normalized spacial score (nSPS) is 13.8. The van der Waals surface area contributed by atoms with Gasteiger partial charge >= 0.3 is 0 Å². The molecule has 32 heavy (non-hydrogen) atoms. The molecule has 0 atom stereocenters. The lowest BCUT2D eigenvalue weighted by atomic mass is 10.1. The zero-order valence-corrected chi connectivity index (χ0v) is 18.2. The van der Waals surface area contributed by atoms with Crippen molar-refractivity contribution in [2.24, 2.45) is 0 Å². The summed E-state index contributed by atoms with van der Waals surface area (Å²) >= 11 is 0. The van der Waals surface area contributed by atoms with Crippen molar-refractivity contribution in [2.45, 2.75) is 26.3 Å². The highest BCUT2D eigenvalue weighted by molar-refractivity contribution is 5.67. The van der Waals surface area contributed by atoms with E-state index in [1.165, 1.54) is 17.5 Å². The molecule has 0 aliphatic carbocycles. The molecule has 0 bridgehead atoms. The number of aromatic nitrogens is 3. The number of rotatable bonds is 6. The van der Waals surface area contributed by atoms with E-state index in [2.05, 4.69) is 52.6 Å². The van der Waals surface area contributed by atoms with Crippen molar-refractivity contribution >= 4 is 17.2 Å². The van der Waals surface area contributed by atoms with Crippen molar-refractivity contribution in [2.75, 3.05) is 22.9 Å². The van der Waals surface area contributed by atoms with Gasteiger partial charge in [-0.3, -0.25) is 0 Å². The number of fused-ring (bicyclic) bond motifs is 1. The Bertz CT molecular complexity index is 1260. The van der Waals surface area contributed by atoms with E-state index in [1.807, 2.05) is 28.9 Å². The minimum absolute atomic E-state index is 0.222. The van der Waals surface area contributed by atoms with Crippen molar-refractivity contribution in [3.05, 3.63) is 90.5 Å². The molecule has 1 aliphatic heterocycles. The van der Waals surface area contributed by atoms with E-state index in [1.54, 1.807) is 12.1 Å². The molecule has 0 amide bonds. The molecular weight excluding hydrogens is 401 g/mol. The number of anilines is 2. The Hall–Kier alpha value is -3.67. The Labute approximate surface area is 187 Å². The molecule has 5 rings (SSSR count). The van der Waals surface area contributed by atoms with Crippen molar-refractivity contribution in [1.82, 2.24) is 14.6 Å². The molecule has 6 heteroatoms. The molecule has 2 aromatic heterocycles. The van der Waals surface area contributed by atoms with Crippen LogP contribution in [0.25, 0.3) is 16.9 Å². The molecule has 3 heterocycles. The third-order valence-electron chi connectivity index (χ3n) is 6.02. The number of halogens is 1. The Balaban J connectivity index is 1.45. The van der Waals surface area contributed by atoms with E-state index >= 15 is 0 Å². The van der Waals surface area contributed by atoms with Gasteiger partial charge in [0.2, 0.25) is 0 Å². The fourth-order valence-corrected chi connectivity index (χ4v) is 4.30. The summed E-state index contributed by atoms with van der Waals surface area (Å²) in [5.74, 6) is 0.605. The highest BCUT2D eigenvalue weighted by Crippen LogP contribution is 2.30. The van der Waals surface area contributed by atoms with Gasteiger partial charge in [0.1, 0.15) is 11.6 Å². The summed E-state index contributed by atoms with van der Waals surface area (Å²) in [6.07, 6.45) is 4.08. The Morgan fingerprint density at radius 2 is 1.94 bits per heavy atom. The van der Waals surface area contributed by atoms with Gasteiger partial charge in [0.25, 0.3) is 0 Å². The molecule has 162 valence electrons. The molecule has 0 radical (unpaired) electrons. The molecule has 4 aromatic rings. The lowest BCUT2D eigenvalue weighted by Crippen LogP contribution is -2.23. The number of imidazole rings is 1. The van der Waals surface area contributed by atoms with Crippen LogP contribution in [-0.4, -0.2) is 27.7 Å². The maximum absolute atomic E-state index is 13.6. The highest BCUT2D eigenvalue weighted by Gasteiger charge is 2.17. The van der Waals surface area contributed by atoms with E-state index in [0.29, 0.717) is 6.54 Å². The predicted molar refractivity (Wildman–Crippen MR) is 127 cm³/mol. The summed E-state index contributed by atoms with van der Waals surface area (Å²) in [6.45, 7) is 8.62. The lowest BCUT2D eigenvalue weighted by Gasteiger charge is -2.22. The predicted octanol–water partition coefficient (Wildman–Crippen LogP) is 5.68. The standard InChI is InChI=1S/C26H26FN5/c1-3-30(18-20-7-4-8-22(27)16-20)26-14-13-25-28-17-24(32(25)29-26)21-9-11-23(12-10-21)31-15-5-6-19(31)2/h4,7-14,16-17H,2-3,5-6,15,18H2,1H3. The summed E-state index contributed by atoms with van der Waals surface area (Å²) in [5, 5.41) is 4.88. The van der Waals surface area contributed by atoms with Crippen LogP contribution < -0.4 is 9.80 Å². The summed E-state index contributed by atoms with van der Waals surface area (Å²) < 4.78 is 15.5. The monoisotopic (exact) mass is 427 g/mol. The maximum atomic E-state index is 13.6. The maximum Gasteiger partial charge on any atom is 0.154 e. The van der Waals surface area contributed by atoms with Gasteiger partial charge in [0.15, 0.2) is 5.65 Å². The van der Waals surface area contributed by atoms with Crippen LogP contribution in [0.5, 0.6) is 0 Å². The summed E-state index contributed by atoms with van der Waals surface area (Å²) in [6, 6.07) is 19.2. The lowest BCUT2D eigenvalue weighted by molar-refractivity contribution is 0.624. The Kier molecular flexibility index (Phi) is 5.35. The van der Waals surface area contributed by atoms with Gasteiger partial charge in [0, 0.05) is 36.6 Å². The highest BCUT2D eigenvalue weighted by atomic mass is 19.1. The molecule has 5 nitrogen and oxygen atoms in total. The van der Waals surface area contributed by atoms with Gasteiger partial charge in [-0.1, -0.05) is 30.8 Å². The van der Waals surface area contributed by atoms with Crippen molar-refractivity contribution in [1.29, 1.82) is 0 Å². The SMILES string of the molecule is C=C1CCCN1c1ccc(-c2cnc3ccc(N(CC)Cc4cccc(F)c4)nn23)cc1. The van der Waals surface area contributed by atoms with Crippen molar-refractivity contribution in [3.63, 3.8) is 0 Å². The van der Waals surface area contributed by atoms with Gasteiger partial charge in [0.05, 0.1) is 11.9 Å². The number of hydrogen-bond donors (Lipinski definition) is 0. The zero-order chi connectivity index (χ0) is 22.1. The fourth-order valence-electron chi connectivity index (χ4n) is 4.30. The molecule has 1 saturated heterocycles. The minimum atomic E-state index is -0.222. The van der Waals surface area contributed by atoms with Gasteiger partial charge in [-0.15, -0.1) is 5.10 Å². The number of hydrogen-bond acceptors (Lipinski definition) is 4. The van der Waals surface area contributed by atoms with Crippen LogP contribution in [0.3, 0.4) is 0 Å². The van der Waals surface area contributed by atoms with Gasteiger partial charge in [-0.25, -0.2) is 13.9 Å².